The topological polar surface area (TPSA) is 17.1 Å². The Balaban J connectivity index is 0.000000531. The minimum Gasteiger partial charge on any atom is -0.307 e. The van der Waals surface area contributed by atoms with Crippen LogP contribution in [-0.4, -0.2) is 6.79 Å². The van der Waals surface area contributed by atoms with Crippen molar-refractivity contribution in [2.24, 2.45) is 0 Å². The van der Waals surface area contributed by atoms with Gasteiger partial charge in [-0.15, -0.1) is 0 Å². The fourth-order valence-electron chi connectivity index (χ4n) is 1.27. The van der Waals surface area contributed by atoms with Gasteiger partial charge in [0.15, 0.2) is 0 Å². The van der Waals surface area contributed by atoms with Crippen molar-refractivity contribution in [1.29, 1.82) is 0 Å². The van der Waals surface area contributed by atoms with Crippen molar-refractivity contribution in [2.45, 2.75) is 0 Å². The standard InChI is InChI=1S/C12H9Cl.CH2O/c13-12-8-6-11(7-9-12)10-4-2-1-3-5-10;1-2/h1-9H;1H2. The third kappa shape index (κ3) is 3.22. The van der Waals surface area contributed by atoms with Gasteiger partial charge < -0.3 is 4.79 Å². The van der Waals surface area contributed by atoms with Gasteiger partial charge in [-0.2, -0.15) is 0 Å². The first-order valence-corrected chi connectivity index (χ1v) is 4.84. The number of halogens is 1. The van der Waals surface area contributed by atoms with E-state index < -0.39 is 0 Å². The highest BCUT2D eigenvalue weighted by atomic mass is 35.5. The molecule has 0 aliphatic carbocycles. The Labute approximate surface area is 94.3 Å². The second-order valence-electron chi connectivity index (χ2n) is 2.87. The van der Waals surface area contributed by atoms with Crippen molar-refractivity contribution in [2.75, 3.05) is 0 Å². The molecule has 0 aromatic heterocycles. The molecular weight excluding hydrogens is 208 g/mol. The molecule has 2 aromatic rings. The summed E-state index contributed by atoms with van der Waals surface area (Å²) >= 11 is 5.80. The van der Waals surface area contributed by atoms with Crippen LogP contribution in [0.25, 0.3) is 11.1 Å². The van der Waals surface area contributed by atoms with Gasteiger partial charge in [-0.25, -0.2) is 0 Å². The fourth-order valence-corrected chi connectivity index (χ4v) is 1.40. The fraction of sp³-hybridized carbons (Fsp3) is 0. The third-order valence-electron chi connectivity index (χ3n) is 1.95. The van der Waals surface area contributed by atoms with Crippen molar-refractivity contribution < 1.29 is 4.79 Å². The number of hydrogen-bond donors (Lipinski definition) is 0. The first-order valence-electron chi connectivity index (χ1n) is 4.46. The maximum atomic E-state index is 8.00. The van der Waals surface area contributed by atoms with Gasteiger partial charge in [0.25, 0.3) is 0 Å². The maximum absolute atomic E-state index is 8.00. The third-order valence-corrected chi connectivity index (χ3v) is 2.20. The van der Waals surface area contributed by atoms with E-state index in [0.29, 0.717) is 0 Å². The first kappa shape index (κ1) is 11.5. The molecule has 0 saturated heterocycles. The number of carbonyl (C=O) groups is 1. The van der Waals surface area contributed by atoms with E-state index in [1.54, 1.807) is 0 Å². The van der Waals surface area contributed by atoms with Crippen LogP contribution in [0.15, 0.2) is 54.6 Å². The summed E-state index contributed by atoms with van der Waals surface area (Å²) < 4.78 is 0. The van der Waals surface area contributed by atoms with E-state index in [1.165, 1.54) is 11.1 Å². The summed E-state index contributed by atoms with van der Waals surface area (Å²) in [5, 5.41) is 0.777. The Morgan fingerprint density at radius 1 is 0.733 bits per heavy atom. The van der Waals surface area contributed by atoms with E-state index in [2.05, 4.69) is 12.1 Å². The normalized spacial score (nSPS) is 8.87. The largest absolute Gasteiger partial charge is 0.307 e. The molecule has 76 valence electrons. The van der Waals surface area contributed by atoms with Gasteiger partial charge in [-0.3, -0.25) is 0 Å². The monoisotopic (exact) mass is 218 g/mol. The van der Waals surface area contributed by atoms with Gasteiger partial charge in [0.2, 0.25) is 0 Å². The molecule has 0 heterocycles. The molecule has 0 unspecified atom stereocenters. The second-order valence-corrected chi connectivity index (χ2v) is 3.31. The van der Waals surface area contributed by atoms with E-state index in [9.17, 15) is 0 Å². The SMILES string of the molecule is C=O.Clc1ccc(-c2ccccc2)cc1. The summed E-state index contributed by atoms with van der Waals surface area (Å²) in [7, 11) is 0. The summed E-state index contributed by atoms with van der Waals surface area (Å²) in [5.41, 5.74) is 2.42. The molecule has 0 aliphatic rings. The summed E-state index contributed by atoms with van der Waals surface area (Å²) in [6.07, 6.45) is 0. The highest BCUT2D eigenvalue weighted by Crippen LogP contribution is 2.20. The predicted molar refractivity (Wildman–Crippen MR) is 64.0 cm³/mol. The van der Waals surface area contributed by atoms with Gasteiger partial charge in [0, 0.05) is 5.02 Å². The average Bonchev–Trinajstić information content (AvgIpc) is 2.34. The van der Waals surface area contributed by atoms with Crippen LogP contribution in [0.2, 0.25) is 5.02 Å². The van der Waals surface area contributed by atoms with Crippen molar-refractivity contribution >= 4 is 18.4 Å². The maximum Gasteiger partial charge on any atom is 0.106 e. The summed E-state index contributed by atoms with van der Waals surface area (Å²) in [5.74, 6) is 0. The van der Waals surface area contributed by atoms with Crippen LogP contribution in [0.3, 0.4) is 0 Å². The van der Waals surface area contributed by atoms with Gasteiger partial charge in [-0.1, -0.05) is 54.1 Å². The molecule has 1 nitrogen and oxygen atoms in total. The molecule has 2 aromatic carbocycles. The molecule has 15 heavy (non-hydrogen) atoms. The highest BCUT2D eigenvalue weighted by molar-refractivity contribution is 6.30. The van der Waals surface area contributed by atoms with E-state index in [-0.39, 0.29) is 0 Å². The lowest BCUT2D eigenvalue weighted by molar-refractivity contribution is -0.0979. The highest BCUT2D eigenvalue weighted by Gasteiger charge is 1.94. The zero-order valence-electron chi connectivity index (χ0n) is 8.19. The van der Waals surface area contributed by atoms with E-state index in [1.807, 2.05) is 49.3 Å². The molecule has 0 radical (unpaired) electrons. The minimum absolute atomic E-state index is 0.777. The minimum atomic E-state index is 0.777. The van der Waals surface area contributed by atoms with Gasteiger partial charge in [-0.05, 0) is 23.3 Å². The first-order chi connectivity index (χ1) is 7.36. The van der Waals surface area contributed by atoms with Crippen LogP contribution < -0.4 is 0 Å². The van der Waals surface area contributed by atoms with Crippen LogP contribution >= 0.6 is 11.6 Å². The van der Waals surface area contributed by atoms with Crippen molar-refractivity contribution in [3.05, 3.63) is 59.6 Å². The van der Waals surface area contributed by atoms with Crippen LogP contribution in [0, 0.1) is 0 Å². The summed E-state index contributed by atoms with van der Waals surface area (Å²) in [6.45, 7) is 2.00. The van der Waals surface area contributed by atoms with Gasteiger partial charge in [0.1, 0.15) is 6.79 Å². The Morgan fingerprint density at radius 3 is 1.73 bits per heavy atom. The van der Waals surface area contributed by atoms with E-state index in [0.717, 1.165) is 5.02 Å². The molecule has 0 saturated carbocycles. The average molecular weight is 219 g/mol. The van der Waals surface area contributed by atoms with Crippen molar-refractivity contribution in [3.8, 4) is 11.1 Å². The predicted octanol–water partition coefficient (Wildman–Crippen LogP) is 3.82. The molecule has 0 aliphatic heterocycles. The number of rotatable bonds is 1. The van der Waals surface area contributed by atoms with Crippen LogP contribution in [0.4, 0.5) is 0 Å². The Morgan fingerprint density at radius 2 is 1.20 bits per heavy atom. The van der Waals surface area contributed by atoms with E-state index in [4.69, 9.17) is 16.4 Å². The quantitative estimate of drug-likeness (QED) is 0.711. The molecule has 0 fully saturated rings. The van der Waals surface area contributed by atoms with Crippen LogP contribution in [0.1, 0.15) is 0 Å². The number of hydrogen-bond acceptors (Lipinski definition) is 1. The van der Waals surface area contributed by atoms with Crippen LogP contribution in [-0.2, 0) is 4.79 Å². The molecular formula is C13H11ClO. The molecule has 2 heteroatoms. The smallest absolute Gasteiger partial charge is 0.106 e. The molecule has 0 bridgehead atoms. The Hall–Kier alpha value is -1.60. The van der Waals surface area contributed by atoms with Gasteiger partial charge in [0.05, 0.1) is 0 Å². The lowest BCUT2D eigenvalue weighted by atomic mass is 10.1. The van der Waals surface area contributed by atoms with Crippen molar-refractivity contribution in [3.63, 3.8) is 0 Å². The second kappa shape index (κ2) is 5.99. The number of benzene rings is 2. The molecule has 0 N–H and O–H groups in total. The Kier molecular flexibility index (Phi) is 4.58. The zero-order valence-corrected chi connectivity index (χ0v) is 8.95. The van der Waals surface area contributed by atoms with Crippen molar-refractivity contribution in [1.82, 2.24) is 0 Å². The summed E-state index contributed by atoms with van der Waals surface area (Å²) in [4.78, 5) is 8.00. The van der Waals surface area contributed by atoms with Crippen LogP contribution in [0.5, 0.6) is 0 Å². The summed E-state index contributed by atoms with van der Waals surface area (Å²) in [6, 6.07) is 18.1. The molecule has 0 spiro atoms. The molecule has 0 atom stereocenters. The Bertz CT molecular complexity index is 395. The van der Waals surface area contributed by atoms with Gasteiger partial charge >= 0.3 is 0 Å². The molecule has 0 amide bonds. The lowest BCUT2D eigenvalue weighted by Crippen LogP contribution is -1.74. The zero-order chi connectivity index (χ0) is 11.1. The lowest BCUT2D eigenvalue weighted by Gasteiger charge is -2.00. The molecule has 2 rings (SSSR count). The number of carbonyl (C=O) groups excluding carboxylic acids is 1. The van der Waals surface area contributed by atoms with E-state index >= 15 is 0 Å².